The second-order valence-electron chi connectivity index (χ2n) is 7.15. The third-order valence-electron chi connectivity index (χ3n) is 4.88. The standard InChI is InChI=1S/C17H29NO12/c1-6(19)26-4-9-12(22)13(23)15(25)17(29-9)30-16-10(5-27-7(2)20)28-8(3-18)11(21)14(16)24/h8-17,21-25H,3-5,18H2,1-2H3. The van der Waals surface area contributed by atoms with Crippen LogP contribution in [-0.4, -0.2) is 118 Å². The van der Waals surface area contributed by atoms with Gasteiger partial charge in [-0.3, -0.25) is 9.59 Å². The first-order valence-corrected chi connectivity index (χ1v) is 9.40. The number of rotatable bonds is 7. The third-order valence-corrected chi connectivity index (χ3v) is 4.88. The van der Waals surface area contributed by atoms with Crippen LogP contribution in [0.3, 0.4) is 0 Å². The van der Waals surface area contributed by atoms with Crippen LogP contribution in [-0.2, 0) is 33.3 Å². The molecule has 0 radical (unpaired) electrons. The van der Waals surface area contributed by atoms with E-state index in [0.717, 1.165) is 13.8 Å². The summed E-state index contributed by atoms with van der Waals surface area (Å²) in [7, 11) is 0. The number of esters is 2. The van der Waals surface area contributed by atoms with Crippen LogP contribution in [0.1, 0.15) is 13.8 Å². The van der Waals surface area contributed by atoms with Crippen molar-refractivity contribution in [2.45, 2.75) is 75.1 Å². The minimum atomic E-state index is -1.75. The lowest BCUT2D eigenvalue weighted by Crippen LogP contribution is -2.65. The van der Waals surface area contributed by atoms with Gasteiger partial charge in [0.25, 0.3) is 0 Å². The number of aliphatic hydroxyl groups excluding tert-OH is 5. The molecule has 2 fully saturated rings. The first-order valence-electron chi connectivity index (χ1n) is 9.40. The van der Waals surface area contributed by atoms with Crippen molar-refractivity contribution in [3.63, 3.8) is 0 Å². The zero-order valence-electron chi connectivity index (χ0n) is 16.6. The maximum Gasteiger partial charge on any atom is 0.302 e. The van der Waals surface area contributed by atoms with E-state index in [2.05, 4.69) is 0 Å². The number of carbonyl (C=O) groups excluding carboxylic acids is 2. The van der Waals surface area contributed by atoms with E-state index in [-0.39, 0.29) is 13.2 Å². The molecule has 0 aromatic heterocycles. The summed E-state index contributed by atoms with van der Waals surface area (Å²) < 4.78 is 26.2. The fraction of sp³-hybridized carbons (Fsp3) is 0.882. The average molecular weight is 439 g/mol. The molecular weight excluding hydrogens is 410 g/mol. The molecule has 13 nitrogen and oxygen atoms in total. The molecule has 0 aliphatic carbocycles. The third kappa shape index (κ3) is 5.84. The van der Waals surface area contributed by atoms with E-state index in [4.69, 9.17) is 29.4 Å². The van der Waals surface area contributed by atoms with Crippen LogP contribution in [0.15, 0.2) is 0 Å². The first kappa shape index (κ1) is 24.8. The number of ether oxygens (including phenoxy) is 5. The molecule has 174 valence electrons. The Balaban J connectivity index is 2.16. The van der Waals surface area contributed by atoms with Crippen LogP contribution in [0.2, 0.25) is 0 Å². The van der Waals surface area contributed by atoms with Crippen molar-refractivity contribution in [2.24, 2.45) is 5.73 Å². The van der Waals surface area contributed by atoms with Gasteiger partial charge in [-0.25, -0.2) is 0 Å². The Bertz CT molecular complexity index is 591. The van der Waals surface area contributed by atoms with Gasteiger partial charge in [-0.15, -0.1) is 0 Å². The van der Waals surface area contributed by atoms with E-state index in [1.165, 1.54) is 0 Å². The van der Waals surface area contributed by atoms with Gasteiger partial charge in [0, 0.05) is 20.4 Å². The highest BCUT2D eigenvalue weighted by Gasteiger charge is 2.50. The van der Waals surface area contributed by atoms with Crippen molar-refractivity contribution < 1.29 is 58.8 Å². The first-order chi connectivity index (χ1) is 14.1. The van der Waals surface area contributed by atoms with E-state index in [0.29, 0.717) is 0 Å². The topological polar surface area (TPSA) is 207 Å². The van der Waals surface area contributed by atoms with Gasteiger partial charge < -0.3 is 55.0 Å². The largest absolute Gasteiger partial charge is 0.463 e. The molecule has 2 saturated heterocycles. The normalized spacial score (nSPS) is 41.9. The highest BCUT2D eigenvalue weighted by Crippen LogP contribution is 2.29. The van der Waals surface area contributed by atoms with Crippen molar-refractivity contribution in [1.29, 1.82) is 0 Å². The highest BCUT2D eigenvalue weighted by atomic mass is 16.7. The molecule has 2 rings (SSSR count). The Kier molecular flexibility index (Phi) is 8.90. The van der Waals surface area contributed by atoms with Crippen molar-refractivity contribution in [2.75, 3.05) is 19.8 Å². The number of hydrogen-bond acceptors (Lipinski definition) is 13. The van der Waals surface area contributed by atoms with E-state index in [1.807, 2.05) is 0 Å². The number of hydrogen-bond donors (Lipinski definition) is 6. The lowest BCUT2D eigenvalue weighted by Gasteiger charge is -2.46. The van der Waals surface area contributed by atoms with Crippen LogP contribution in [0.25, 0.3) is 0 Å². The summed E-state index contributed by atoms with van der Waals surface area (Å²) in [4.78, 5) is 22.2. The molecule has 10 unspecified atom stereocenters. The van der Waals surface area contributed by atoms with Crippen molar-refractivity contribution in [3.8, 4) is 0 Å². The molecular formula is C17H29NO12. The predicted octanol–water partition coefficient (Wildman–Crippen LogP) is -4.25. The predicted molar refractivity (Wildman–Crippen MR) is 94.5 cm³/mol. The van der Waals surface area contributed by atoms with Gasteiger partial charge in [0.2, 0.25) is 0 Å². The molecule has 2 heterocycles. The Labute approximate surface area is 172 Å². The van der Waals surface area contributed by atoms with Gasteiger partial charge in [-0.05, 0) is 0 Å². The molecule has 10 atom stereocenters. The molecule has 0 aromatic rings. The maximum absolute atomic E-state index is 11.2. The lowest BCUT2D eigenvalue weighted by atomic mass is 9.94. The van der Waals surface area contributed by atoms with Gasteiger partial charge in [-0.1, -0.05) is 0 Å². The maximum atomic E-state index is 11.2. The monoisotopic (exact) mass is 439 g/mol. The smallest absolute Gasteiger partial charge is 0.302 e. The fourth-order valence-electron chi connectivity index (χ4n) is 3.23. The van der Waals surface area contributed by atoms with Gasteiger partial charge in [0.1, 0.15) is 62.0 Å². The number of nitrogens with two attached hydrogens (primary N) is 1. The van der Waals surface area contributed by atoms with Gasteiger partial charge in [0.15, 0.2) is 6.29 Å². The fourth-order valence-corrected chi connectivity index (χ4v) is 3.23. The second kappa shape index (κ2) is 10.7. The Morgan fingerprint density at radius 2 is 1.30 bits per heavy atom. The van der Waals surface area contributed by atoms with Crippen LogP contribution < -0.4 is 5.73 Å². The van der Waals surface area contributed by atoms with Crippen LogP contribution in [0, 0.1) is 0 Å². The zero-order valence-corrected chi connectivity index (χ0v) is 16.6. The SMILES string of the molecule is CC(=O)OCC1OC(OC2C(COC(C)=O)OC(CN)C(O)C2O)C(O)C(O)C1O. The quantitative estimate of drug-likeness (QED) is 0.208. The Morgan fingerprint density at radius 3 is 1.83 bits per heavy atom. The van der Waals surface area contributed by atoms with Gasteiger partial charge >= 0.3 is 11.9 Å². The average Bonchev–Trinajstić information content (AvgIpc) is 2.69. The lowest BCUT2D eigenvalue weighted by molar-refractivity contribution is -0.341. The molecule has 0 saturated carbocycles. The van der Waals surface area contributed by atoms with Gasteiger partial charge in [0.05, 0.1) is 6.10 Å². The molecule has 0 aromatic carbocycles. The van der Waals surface area contributed by atoms with Crippen molar-refractivity contribution >= 4 is 11.9 Å². The molecule has 2 aliphatic heterocycles. The minimum Gasteiger partial charge on any atom is -0.463 e. The van der Waals surface area contributed by atoms with E-state index in [9.17, 15) is 35.1 Å². The number of carbonyl (C=O) groups is 2. The van der Waals surface area contributed by atoms with Crippen molar-refractivity contribution in [1.82, 2.24) is 0 Å². The van der Waals surface area contributed by atoms with Crippen LogP contribution in [0.4, 0.5) is 0 Å². The minimum absolute atomic E-state index is 0.139. The zero-order chi connectivity index (χ0) is 22.6. The Morgan fingerprint density at radius 1 is 0.767 bits per heavy atom. The molecule has 7 N–H and O–H groups in total. The number of aliphatic hydroxyl groups is 5. The van der Waals surface area contributed by atoms with E-state index < -0.39 is 79.8 Å². The van der Waals surface area contributed by atoms with Crippen LogP contribution in [0.5, 0.6) is 0 Å². The van der Waals surface area contributed by atoms with Crippen LogP contribution >= 0.6 is 0 Å². The molecule has 0 bridgehead atoms. The summed E-state index contributed by atoms with van der Waals surface area (Å²) in [6.07, 6.45) is -14.4. The van der Waals surface area contributed by atoms with Gasteiger partial charge in [-0.2, -0.15) is 0 Å². The summed E-state index contributed by atoms with van der Waals surface area (Å²) in [5.41, 5.74) is 5.52. The highest BCUT2D eigenvalue weighted by molar-refractivity contribution is 5.66. The Hall–Kier alpha value is -1.42. The van der Waals surface area contributed by atoms with Crippen molar-refractivity contribution in [3.05, 3.63) is 0 Å². The summed E-state index contributed by atoms with van der Waals surface area (Å²) in [5.74, 6) is -1.28. The molecule has 30 heavy (non-hydrogen) atoms. The summed E-state index contributed by atoms with van der Waals surface area (Å²) in [6.45, 7) is 1.37. The van der Waals surface area contributed by atoms with E-state index >= 15 is 0 Å². The summed E-state index contributed by atoms with van der Waals surface area (Å²) in [6, 6.07) is 0. The second-order valence-corrected chi connectivity index (χ2v) is 7.15. The summed E-state index contributed by atoms with van der Waals surface area (Å²) >= 11 is 0. The van der Waals surface area contributed by atoms with E-state index in [1.54, 1.807) is 0 Å². The molecule has 0 amide bonds. The molecule has 13 heteroatoms. The molecule has 2 aliphatic rings. The molecule has 0 spiro atoms. The summed E-state index contributed by atoms with van der Waals surface area (Å²) in [5, 5.41) is 51.0.